The van der Waals surface area contributed by atoms with Crippen LogP contribution in [0.5, 0.6) is 0 Å². The predicted octanol–water partition coefficient (Wildman–Crippen LogP) is 0.906. The zero-order chi connectivity index (χ0) is 12.3. The molecule has 6 heteroatoms. The topological polar surface area (TPSA) is 69.2 Å². The second-order valence-electron chi connectivity index (χ2n) is 3.77. The quantitative estimate of drug-likeness (QED) is 0.787. The van der Waals surface area contributed by atoms with E-state index in [1.807, 2.05) is 6.92 Å². The molecule has 0 spiro atoms. The van der Waals surface area contributed by atoms with Crippen LogP contribution < -0.4 is 0 Å². The lowest BCUT2D eigenvalue weighted by Gasteiger charge is -2.20. The summed E-state index contributed by atoms with van der Waals surface area (Å²) in [7, 11) is -1.70. The average molecular weight is 244 g/mol. The molecule has 0 aromatic carbocycles. The molecule has 0 N–H and O–H groups in total. The molecule has 0 bridgehead atoms. The Bertz CT molecular complexity index is 442. The van der Waals surface area contributed by atoms with E-state index in [1.54, 1.807) is 19.3 Å². The van der Waals surface area contributed by atoms with Crippen molar-refractivity contribution in [3.05, 3.63) is 23.8 Å². The summed E-state index contributed by atoms with van der Waals surface area (Å²) in [6.45, 7) is 3.42. The number of sulfone groups is 1. The summed E-state index contributed by atoms with van der Waals surface area (Å²) in [5, 5.41) is -0.644. The summed E-state index contributed by atoms with van der Waals surface area (Å²) in [4.78, 5) is 8.21. The van der Waals surface area contributed by atoms with Gasteiger partial charge in [-0.05, 0) is 13.8 Å². The maximum atomic E-state index is 11.4. The van der Waals surface area contributed by atoms with E-state index in [0.29, 0.717) is 5.69 Å². The Kier molecular flexibility index (Phi) is 3.98. The van der Waals surface area contributed by atoms with Gasteiger partial charge in [0, 0.05) is 19.6 Å². The minimum atomic E-state index is -3.17. The first kappa shape index (κ1) is 13.1. The molecule has 16 heavy (non-hydrogen) atoms. The zero-order valence-corrected chi connectivity index (χ0v) is 10.7. The first-order chi connectivity index (χ1) is 7.36. The van der Waals surface area contributed by atoms with Crippen molar-refractivity contribution in [3.63, 3.8) is 0 Å². The van der Waals surface area contributed by atoms with Crippen molar-refractivity contribution in [2.24, 2.45) is 0 Å². The molecule has 0 saturated heterocycles. The molecule has 1 aromatic rings. The Morgan fingerprint density at radius 3 is 2.31 bits per heavy atom. The van der Waals surface area contributed by atoms with E-state index in [2.05, 4.69) is 9.97 Å². The fraction of sp³-hybridized carbons (Fsp3) is 0.600. The van der Waals surface area contributed by atoms with Crippen LogP contribution >= 0.6 is 0 Å². The van der Waals surface area contributed by atoms with Crippen molar-refractivity contribution >= 4 is 9.84 Å². The van der Waals surface area contributed by atoms with Crippen LogP contribution in [0.15, 0.2) is 12.4 Å². The number of nitrogens with zero attached hydrogens (tertiary/aromatic N) is 2. The maximum absolute atomic E-state index is 11.4. The summed E-state index contributed by atoms with van der Waals surface area (Å²) < 4.78 is 28.1. The van der Waals surface area contributed by atoms with Gasteiger partial charge in [-0.2, -0.15) is 0 Å². The highest BCUT2D eigenvalue weighted by molar-refractivity contribution is 7.91. The van der Waals surface area contributed by atoms with Crippen molar-refractivity contribution in [3.8, 4) is 0 Å². The lowest BCUT2D eigenvalue weighted by Crippen LogP contribution is -2.26. The summed E-state index contributed by atoms with van der Waals surface area (Å²) >= 11 is 0. The molecule has 0 aliphatic carbocycles. The van der Waals surface area contributed by atoms with Gasteiger partial charge < -0.3 is 4.74 Å². The lowest BCUT2D eigenvalue weighted by molar-refractivity contribution is 0.0985. The first-order valence-corrected chi connectivity index (χ1v) is 6.82. The van der Waals surface area contributed by atoms with Crippen molar-refractivity contribution in [2.45, 2.75) is 25.2 Å². The highest BCUT2D eigenvalue weighted by atomic mass is 32.2. The van der Waals surface area contributed by atoms with Crippen LogP contribution in [0, 0.1) is 6.92 Å². The molecule has 0 aliphatic heterocycles. The van der Waals surface area contributed by atoms with Crippen LogP contribution in [-0.4, -0.2) is 37.0 Å². The largest absolute Gasteiger partial charge is 0.374 e. The molecule has 0 aliphatic rings. The minimum absolute atomic E-state index is 0.533. The van der Waals surface area contributed by atoms with Gasteiger partial charge in [-0.1, -0.05) is 0 Å². The molecule has 0 amide bonds. The van der Waals surface area contributed by atoms with E-state index < -0.39 is 21.2 Å². The summed E-state index contributed by atoms with van der Waals surface area (Å²) in [5.74, 6) is 0. The monoisotopic (exact) mass is 244 g/mol. The molecule has 2 atom stereocenters. The third-order valence-corrected chi connectivity index (χ3v) is 4.05. The van der Waals surface area contributed by atoms with Gasteiger partial charge in [0.15, 0.2) is 9.84 Å². The normalized spacial score (nSPS) is 15.8. The summed E-state index contributed by atoms with van der Waals surface area (Å²) in [5.41, 5.74) is 1.32. The van der Waals surface area contributed by atoms with Crippen LogP contribution in [0.25, 0.3) is 0 Å². The van der Waals surface area contributed by atoms with E-state index in [0.717, 1.165) is 5.69 Å². The maximum Gasteiger partial charge on any atom is 0.152 e. The van der Waals surface area contributed by atoms with Crippen molar-refractivity contribution in [2.75, 3.05) is 13.4 Å². The van der Waals surface area contributed by atoms with E-state index in [4.69, 9.17) is 4.74 Å². The van der Waals surface area contributed by atoms with Gasteiger partial charge in [0.25, 0.3) is 0 Å². The number of ether oxygens (including phenoxy) is 1. The number of hydrogen-bond donors (Lipinski definition) is 0. The van der Waals surface area contributed by atoms with Crippen LogP contribution in [0.3, 0.4) is 0 Å². The van der Waals surface area contributed by atoms with Gasteiger partial charge >= 0.3 is 0 Å². The van der Waals surface area contributed by atoms with Gasteiger partial charge in [0.05, 0.1) is 22.8 Å². The Morgan fingerprint density at radius 2 is 1.94 bits per heavy atom. The Labute approximate surface area is 95.8 Å². The van der Waals surface area contributed by atoms with Crippen LogP contribution in [-0.2, 0) is 14.6 Å². The molecule has 1 aromatic heterocycles. The zero-order valence-electron chi connectivity index (χ0n) is 9.84. The predicted molar refractivity (Wildman–Crippen MR) is 60.8 cm³/mol. The summed E-state index contributed by atoms with van der Waals surface area (Å²) in [6.07, 6.45) is 3.75. The van der Waals surface area contributed by atoms with Gasteiger partial charge in [0.2, 0.25) is 0 Å². The van der Waals surface area contributed by atoms with Gasteiger partial charge in [0.1, 0.15) is 6.10 Å². The van der Waals surface area contributed by atoms with E-state index >= 15 is 0 Å². The van der Waals surface area contributed by atoms with Crippen molar-refractivity contribution in [1.29, 1.82) is 0 Å². The molecular formula is C10H16N2O3S. The molecule has 1 heterocycles. The third-order valence-electron chi connectivity index (χ3n) is 2.45. The Morgan fingerprint density at radius 1 is 1.31 bits per heavy atom. The van der Waals surface area contributed by atoms with Crippen molar-refractivity contribution in [1.82, 2.24) is 9.97 Å². The number of aryl methyl sites for hydroxylation is 1. The molecule has 5 nitrogen and oxygen atoms in total. The van der Waals surface area contributed by atoms with E-state index in [-0.39, 0.29) is 0 Å². The van der Waals surface area contributed by atoms with Crippen LogP contribution in [0.4, 0.5) is 0 Å². The molecule has 0 saturated carbocycles. The van der Waals surface area contributed by atoms with Crippen molar-refractivity contribution < 1.29 is 13.2 Å². The number of rotatable bonds is 4. The average Bonchev–Trinajstić information content (AvgIpc) is 2.20. The first-order valence-electron chi connectivity index (χ1n) is 4.86. The Balaban J connectivity index is 3.03. The molecule has 1 rings (SSSR count). The van der Waals surface area contributed by atoms with Gasteiger partial charge in [-0.25, -0.2) is 8.42 Å². The Hall–Kier alpha value is -1.01. The molecule has 0 radical (unpaired) electrons. The number of aromatic nitrogens is 2. The molecule has 0 fully saturated rings. The SMILES string of the molecule is CO[C@H](c1cnc(C)cn1)[C@H](C)S(C)(=O)=O. The number of hydrogen-bond acceptors (Lipinski definition) is 5. The molecule has 0 unspecified atom stereocenters. The van der Waals surface area contributed by atoms with Crippen LogP contribution in [0.2, 0.25) is 0 Å². The highest BCUT2D eigenvalue weighted by Crippen LogP contribution is 2.22. The van der Waals surface area contributed by atoms with E-state index in [1.165, 1.54) is 13.4 Å². The molecular weight excluding hydrogens is 228 g/mol. The highest BCUT2D eigenvalue weighted by Gasteiger charge is 2.28. The minimum Gasteiger partial charge on any atom is -0.374 e. The van der Waals surface area contributed by atoms with Gasteiger partial charge in [-0.15, -0.1) is 0 Å². The number of methoxy groups -OCH3 is 1. The summed E-state index contributed by atoms with van der Waals surface area (Å²) in [6, 6.07) is 0. The second kappa shape index (κ2) is 4.88. The third kappa shape index (κ3) is 2.99. The second-order valence-corrected chi connectivity index (χ2v) is 6.18. The van der Waals surface area contributed by atoms with Gasteiger partial charge in [-0.3, -0.25) is 9.97 Å². The fourth-order valence-corrected chi connectivity index (χ4v) is 2.03. The van der Waals surface area contributed by atoms with Crippen LogP contribution in [0.1, 0.15) is 24.4 Å². The lowest BCUT2D eigenvalue weighted by atomic mass is 10.2. The fourth-order valence-electron chi connectivity index (χ4n) is 1.33. The standard InChI is InChI=1S/C10H16N2O3S/c1-7-5-12-9(6-11-7)10(15-3)8(2)16(4,13)14/h5-6,8,10H,1-4H3/t8-,10-/m0/s1. The van der Waals surface area contributed by atoms with E-state index in [9.17, 15) is 8.42 Å². The smallest absolute Gasteiger partial charge is 0.152 e. The molecule has 90 valence electrons.